The van der Waals surface area contributed by atoms with Crippen LogP contribution in [0.4, 0.5) is 0 Å². The van der Waals surface area contributed by atoms with Gasteiger partial charge in [-0.2, -0.15) is 0 Å². The number of H-pyrrole nitrogens is 1. The molecule has 1 heterocycles. The fraction of sp³-hybridized carbons (Fsp3) is 0.167. The third kappa shape index (κ3) is 3.52. The maximum absolute atomic E-state index is 12.5. The lowest BCUT2D eigenvalue weighted by Gasteiger charge is -2.11. The summed E-state index contributed by atoms with van der Waals surface area (Å²) in [7, 11) is 3.16. The SMILES string of the molecule is COc1ccc(OC)c(CNC(=O)c2[nH]c3ccc(Cl)cc3c2Cl)c1. The molecule has 3 aromatic rings. The van der Waals surface area contributed by atoms with Gasteiger partial charge in [-0.05, 0) is 36.4 Å². The Morgan fingerprint density at radius 3 is 2.64 bits per heavy atom. The maximum Gasteiger partial charge on any atom is 0.269 e. The quantitative estimate of drug-likeness (QED) is 0.690. The highest BCUT2D eigenvalue weighted by Crippen LogP contribution is 2.30. The lowest BCUT2D eigenvalue weighted by Crippen LogP contribution is -2.23. The third-order valence-electron chi connectivity index (χ3n) is 3.85. The second-order valence-corrected chi connectivity index (χ2v) is 6.18. The van der Waals surface area contributed by atoms with Gasteiger partial charge in [0.05, 0.1) is 19.2 Å². The molecule has 2 N–H and O–H groups in total. The largest absolute Gasteiger partial charge is 0.497 e. The van der Waals surface area contributed by atoms with Crippen LogP contribution in [0.3, 0.4) is 0 Å². The molecule has 0 saturated heterocycles. The van der Waals surface area contributed by atoms with Gasteiger partial charge in [0.15, 0.2) is 0 Å². The highest BCUT2D eigenvalue weighted by molar-refractivity contribution is 6.39. The van der Waals surface area contributed by atoms with E-state index in [2.05, 4.69) is 10.3 Å². The van der Waals surface area contributed by atoms with Gasteiger partial charge in [0.1, 0.15) is 17.2 Å². The number of hydrogen-bond donors (Lipinski definition) is 2. The molecular weight excluding hydrogens is 363 g/mol. The number of fused-ring (bicyclic) bond motifs is 1. The summed E-state index contributed by atoms with van der Waals surface area (Å²) in [6, 6.07) is 10.6. The zero-order chi connectivity index (χ0) is 18.0. The van der Waals surface area contributed by atoms with Crippen LogP contribution in [0.15, 0.2) is 36.4 Å². The molecule has 2 aromatic carbocycles. The Labute approximate surface area is 154 Å². The van der Waals surface area contributed by atoms with E-state index in [0.29, 0.717) is 32.6 Å². The Bertz CT molecular complexity index is 937. The molecule has 0 spiro atoms. The van der Waals surface area contributed by atoms with E-state index in [9.17, 15) is 4.79 Å². The predicted octanol–water partition coefficient (Wildman–Crippen LogP) is 4.42. The van der Waals surface area contributed by atoms with E-state index >= 15 is 0 Å². The first kappa shape index (κ1) is 17.5. The summed E-state index contributed by atoms with van der Waals surface area (Å²) in [6.07, 6.45) is 0. The van der Waals surface area contributed by atoms with Crippen LogP contribution in [0.5, 0.6) is 11.5 Å². The number of aromatic amines is 1. The van der Waals surface area contributed by atoms with Gasteiger partial charge < -0.3 is 19.8 Å². The van der Waals surface area contributed by atoms with Crippen molar-refractivity contribution in [3.63, 3.8) is 0 Å². The average Bonchev–Trinajstić information content (AvgIpc) is 2.95. The number of amides is 1. The van der Waals surface area contributed by atoms with E-state index in [0.717, 1.165) is 11.1 Å². The lowest BCUT2D eigenvalue weighted by molar-refractivity contribution is 0.0946. The molecule has 5 nitrogen and oxygen atoms in total. The van der Waals surface area contributed by atoms with Crippen molar-refractivity contribution in [2.45, 2.75) is 6.54 Å². The van der Waals surface area contributed by atoms with Crippen LogP contribution >= 0.6 is 23.2 Å². The smallest absolute Gasteiger partial charge is 0.269 e. The molecule has 0 aliphatic rings. The van der Waals surface area contributed by atoms with Crippen molar-refractivity contribution >= 4 is 40.0 Å². The van der Waals surface area contributed by atoms with Crippen LogP contribution in [0, 0.1) is 0 Å². The monoisotopic (exact) mass is 378 g/mol. The minimum atomic E-state index is -0.317. The third-order valence-corrected chi connectivity index (χ3v) is 4.48. The molecule has 1 amide bonds. The number of rotatable bonds is 5. The summed E-state index contributed by atoms with van der Waals surface area (Å²) in [5.74, 6) is 1.03. The highest BCUT2D eigenvalue weighted by atomic mass is 35.5. The Morgan fingerprint density at radius 1 is 1.12 bits per heavy atom. The summed E-state index contributed by atoms with van der Waals surface area (Å²) in [5.41, 5.74) is 1.84. The van der Waals surface area contributed by atoms with Gasteiger partial charge in [0.2, 0.25) is 0 Å². The van der Waals surface area contributed by atoms with Crippen molar-refractivity contribution < 1.29 is 14.3 Å². The molecule has 3 rings (SSSR count). The van der Waals surface area contributed by atoms with Crippen LogP contribution in [-0.4, -0.2) is 25.1 Å². The first-order valence-corrected chi connectivity index (χ1v) is 8.25. The summed E-state index contributed by atoms with van der Waals surface area (Å²) in [4.78, 5) is 15.5. The highest BCUT2D eigenvalue weighted by Gasteiger charge is 2.17. The number of ether oxygens (including phenoxy) is 2. The van der Waals surface area contributed by atoms with Gasteiger partial charge >= 0.3 is 0 Å². The first-order valence-electron chi connectivity index (χ1n) is 7.49. The van der Waals surface area contributed by atoms with Gasteiger partial charge in [-0.3, -0.25) is 4.79 Å². The van der Waals surface area contributed by atoms with Crippen molar-refractivity contribution in [3.8, 4) is 11.5 Å². The Hall–Kier alpha value is -2.37. The van der Waals surface area contributed by atoms with Crippen molar-refractivity contribution in [2.24, 2.45) is 0 Å². The number of nitrogens with one attached hydrogen (secondary N) is 2. The normalized spacial score (nSPS) is 10.7. The maximum atomic E-state index is 12.5. The van der Waals surface area contributed by atoms with Crippen LogP contribution in [-0.2, 0) is 6.54 Å². The number of aromatic nitrogens is 1. The molecule has 0 fully saturated rings. The summed E-state index contributed by atoms with van der Waals surface area (Å²) in [5, 5.41) is 4.44. The van der Waals surface area contributed by atoms with E-state index < -0.39 is 0 Å². The molecule has 7 heteroatoms. The number of benzene rings is 2. The van der Waals surface area contributed by atoms with Crippen LogP contribution < -0.4 is 14.8 Å². The van der Waals surface area contributed by atoms with Gasteiger partial charge in [-0.15, -0.1) is 0 Å². The molecule has 25 heavy (non-hydrogen) atoms. The van der Waals surface area contributed by atoms with Gasteiger partial charge in [0.25, 0.3) is 5.91 Å². The van der Waals surface area contributed by atoms with Gasteiger partial charge in [0, 0.05) is 28.0 Å². The number of methoxy groups -OCH3 is 2. The topological polar surface area (TPSA) is 63.4 Å². The Kier molecular flexibility index (Phi) is 5.06. The van der Waals surface area contributed by atoms with E-state index in [4.69, 9.17) is 32.7 Å². The number of hydrogen-bond acceptors (Lipinski definition) is 3. The molecule has 0 atom stereocenters. The lowest BCUT2D eigenvalue weighted by atomic mass is 10.2. The summed E-state index contributed by atoms with van der Waals surface area (Å²) >= 11 is 12.3. The fourth-order valence-corrected chi connectivity index (χ4v) is 3.03. The summed E-state index contributed by atoms with van der Waals surface area (Å²) < 4.78 is 10.5. The zero-order valence-electron chi connectivity index (χ0n) is 13.7. The van der Waals surface area contributed by atoms with Crippen LogP contribution in [0.25, 0.3) is 10.9 Å². The molecular formula is C18H16Cl2N2O3. The van der Waals surface area contributed by atoms with Gasteiger partial charge in [-0.1, -0.05) is 23.2 Å². The molecule has 0 radical (unpaired) electrons. The predicted molar refractivity (Wildman–Crippen MR) is 99.0 cm³/mol. The minimum absolute atomic E-state index is 0.270. The number of carbonyl (C=O) groups excluding carboxylic acids is 1. The standard InChI is InChI=1S/C18H16Cl2N2O3/c1-24-12-4-6-15(25-2)10(7-12)9-21-18(23)17-16(20)13-8-11(19)3-5-14(13)22-17/h3-8,22H,9H2,1-2H3,(H,21,23). The Balaban J connectivity index is 1.83. The van der Waals surface area contributed by atoms with Crippen molar-refractivity contribution in [3.05, 3.63) is 57.7 Å². The van der Waals surface area contributed by atoms with Gasteiger partial charge in [-0.25, -0.2) is 0 Å². The first-order chi connectivity index (χ1) is 12.0. The fourth-order valence-electron chi connectivity index (χ4n) is 2.57. The van der Waals surface area contributed by atoms with Crippen LogP contribution in [0.2, 0.25) is 10.0 Å². The van der Waals surface area contributed by atoms with E-state index in [1.807, 2.05) is 6.07 Å². The van der Waals surface area contributed by atoms with Crippen molar-refractivity contribution in [1.82, 2.24) is 10.3 Å². The number of halogens is 2. The second-order valence-electron chi connectivity index (χ2n) is 5.36. The minimum Gasteiger partial charge on any atom is -0.497 e. The second kappa shape index (κ2) is 7.25. The van der Waals surface area contributed by atoms with Crippen molar-refractivity contribution in [1.29, 1.82) is 0 Å². The Morgan fingerprint density at radius 2 is 1.92 bits per heavy atom. The number of carbonyl (C=O) groups is 1. The zero-order valence-corrected chi connectivity index (χ0v) is 15.2. The summed E-state index contributed by atoms with van der Waals surface area (Å²) in [6.45, 7) is 0.270. The van der Waals surface area contributed by atoms with E-state index in [1.54, 1.807) is 44.6 Å². The van der Waals surface area contributed by atoms with Crippen LogP contribution in [0.1, 0.15) is 16.1 Å². The van der Waals surface area contributed by atoms with Crippen molar-refractivity contribution in [2.75, 3.05) is 14.2 Å². The molecule has 0 aliphatic carbocycles. The average molecular weight is 379 g/mol. The molecule has 130 valence electrons. The van der Waals surface area contributed by atoms with E-state index in [-0.39, 0.29) is 12.5 Å². The molecule has 0 saturated carbocycles. The molecule has 0 bridgehead atoms. The van der Waals surface area contributed by atoms with E-state index in [1.165, 1.54) is 0 Å². The molecule has 1 aromatic heterocycles. The molecule has 0 aliphatic heterocycles. The molecule has 0 unspecified atom stereocenters.